The van der Waals surface area contributed by atoms with Gasteiger partial charge in [0.2, 0.25) is 0 Å². The summed E-state index contributed by atoms with van der Waals surface area (Å²) in [7, 11) is 0. The zero-order chi connectivity index (χ0) is 21.7. The molecule has 5 nitrogen and oxygen atoms in total. The van der Waals surface area contributed by atoms with E-state index in [9.17, 15) is 0 Å². The predicted octanol–water partition coefficient (Wildman–Crippen LogP) is 3.72. The summed E-state index contributed by atoms with van der Waals surface area (Å²) in [6.07, 6.45) is 4.63. The molecule has 0 atom stereocenters. The standard InChI is InChI=1S/C25H45N5/c1-5-25(6-2,23-14-10-9-11-15-23)22-28-24(26-7-3)27-16-12-13-17-30-20-18-29(8-4)19-21-30/h9-11,14-15H,5-8,12-13,16-22H2,1-4H3,(H2,26,27,28). The number of hydrogen-bond donors (Lipinski definition) is 2. The van der Waals surface area contributed by atoms with Crippen LogP contribution in [-0.2, 0) is 5.41 Å². The summed E-state index contributed by atoms with van der Waals surface area (Å²) in [5.41, 5.74) is 1.52. The van der Waals surface area contributed by atoms with Crippen molar-refractivity contribution in [3.05, 3.63) is 35.9 Å². The fourth-order valence-electron chi connectivity index (χ4n) is 4.33. The van der Waals surface area contributed by atoms with Crippen molar-refractivity contribution in [1.29, 1.82) is 0 Å². The predicted molar refractivity (Wildman–Crippen MR) is 130 cm³/mol. The maximum atomic E-state index is 4.99. The number of nitrogens with one attached hydrogen (secondary N) is 2. The number of rotatable bonds is 12. The van der Waals surface area contributed by atoms with Crippen LogP contribution in [0.1, 0.15) is 58.9 Å². The normalized spacial score (nSPS) is 16.6. The van der Waals surface area contributed by atoms with Crippen LogP contribution in [-0.4, -0.2) is 74.7 Å². The Morgan fingerprint density at radius 1 is 0.900 bits per heavy atom. The van der Waals surface area contributed by atoms with Crippen molar-refractivity contribution in [2.24, 2.45) is 4.99 Å². The Morgan fingerprint density at radius 2 is 1.57 bits per heavy atom. The zero-order valence-corrected chi connectivity index (χ0v) is 19.9. The molecule has 1 saturated heterocycles. The van der Waals surface area contributed by atoms with Gasteiger partial charge in [-0.15, -0.1) is 0 Å². The highest BCUT2D eigenvalue weighted by Gasteiger charge is 2.28. The number of nitrogens with zero attached hydrogens (tertiary/aromatic N) is 3. The first-order valence-electron chi connectivity index (χ1n) is 12.2. The first-order chi connectivity index (χ1) is 14.7. The molecule has 0 spiro atoms. The quantitative estimate of drug-likeness (QED) is 0.310. The minimum atomic E-state index is 0.115. The monoisotopic (exact) mass is 415 g/mol. The van der Waals surface area contributed by atoms with Crippen molar-refractivity contribution in [2.45, 2.75) is 58.8 Å². The SMILES string of the molecule is CCNC(=NCC(CC)(CC)c1ccccc1)NCCCCN1CCN(CC)CC1. The average molecular weight is 416 g/mol. The second kappa shape index (κ2) is 13.7. The Bertz CT molecular complexity index is 589. The molecule has 5 heteroatoms. The molecule has 0 unspecified atom stereocenters. The van der Waals surface area contributed by atoms with Gasteiger partial charge < -0.3 is 20.4 Å². The fraction of sp³-hybridized carbons (Fsp3) is 0.720. The van der Waals surface area contributed by atoms with Gasteiger partial charge >= 0.3 is 0 Å². The minimum Gasteiger partial charge on any atom is -0.357 e. The zero-order valence-electron chi connectivity index (χ0n) is 19.9. The van der Waals surface area contributed by atoms with Gasteiger partial charge in [-0.2, -0.15) is 0 Å². The van der Waals surface area contributed by atoms with Crippen LogP contribution in [0.15, 0.2) is 35.3 Å². The molecule has 0 bridgehead atoms. The van der Waals surface area contributed by atoms with Crippen molar-refractivity contribution in [3.63, 3.8) is 0 Å². The third kappa shape index (κ3) is 7.59. The Morgan fingerprint density at radius 3 is 2.17 bits per heavy atom. The van der Waals surface area contributed by atoms with E-state index >= 15 is 0 Å². The molecule has 1 aromatic carbocycles. The lowest BCUT2D eigenvalue weighted by atomic mass is 9.76. The van der Waals surface area contributed by atoms with E-state index in [1.807, 2.05) is 0 Å². The van der Waals surface area contributed by atoms with Crippen LogP contribution >= 0.6 is 0 Å². The molecule has 30 heavy (non-hydrogen) atoms. The molecular weight excluding hydrogens is 370 g/mol. The molecule has 0 radical (unpaired) electrons. The molecule has 2 rings (SSSR count). The smallest absolute Gasteiger partial charge is 0.191 e. The molecule has 1 aliphatic heterocycles. The highest BCUT2D eigenvalue weighted by atomic mass is 15.3. The molecule has 1 fully saturated rings. The number of aliphatic imine (C=N–C) groups is 1. The van der Waals surface area contributed by atoms with E-state index in [1.165, 1.54) is 57.7 Å². The molecule has 170 valence electrons. The van der Waals surface area contributed by atoms with Gasteiger partial charge in [-0.25, -0.2) is 0 Å². The van der Waals surface area contributed by atoms with Gasteiger partial charge in [-0.3, -0.25) is 4.99 Å². The Labute approximate surface area is 185 Å². The molecule has 1 aromatic rings. The van der Waals surface area contributed by atoms with Crippen molar-refractivity contribution < 1.29 is 0 Å². The van der Waals surface area contributed by atoms with Crippen LogP contribution in [0.25, 0.3) is 0 Å². The van der Waals surface area contributed by atoms with E-state index in [-0.39, 0.29) is 5.41 Å². The Kier molecular flexibility index (Phi) is 11.2. The Balaban J connectivity index is 1.79. The summed E-state index contributed by atoms with van der Waals surface area (Å²) >= 11 is 0. The van der Waals surface area contributed by atoms with Gasteiger partial charge in [-0.1, -0.05) is 51.1 Å². The summed E-state index contributed by atoms with van der Waals surface area (Å²) in [6.45, 7) is 19.0. The van der Waals surface area contributed by atoms with Crippen molar-refractivity contribution >= 4 is 5.96 Å². The van der Waals surface area contributed by atoms with E-state index in [0.717, 1.165) is 38.4 Å². The summed E-state index contributed by atoms with van der Waals surface area (Å²) in [5.74, 6) is 0.955. The van der Waals surface area contributed by atoms with Crippen LogP contribution in [0.5, 0.6) is 0 Å². The molecule has 0 amide bonds. The number of likely N-dealkylation sites (N-methyl/N-ethyl adjacent to an activating group) is 1. The lowest BCUT2D eigenvalue weighted by Crippen LogP contribution is -2.46. The van der Waals surface area contributed by atoms with Gasteiger partial charge in [0, 0.05) is 44.7 Å². The van der Waals surface area contributed by atoms with Gasteiger partial charge in [-0.05, 0) is 51.3 Å². The number of unbranched alkanes of at least 4 members (excludes halogenated alkanes) is 1. The molecule has 1 aliphatic rings. The average Bonchev–Trinajstić information content (AvgIpc) is 2.80. The second-order valence-corrected chi connectivity index (χ2v) is 8.46. The second-order valence-electron chi connectivity index (χ2n) is 8.46. The molecule has 0 aromatic heterocycles. The van der Waals surface area contributed by atoms with E-state index in [2.05, 4.69) is 78.5 Å². The molecule has 2 N–H and O–H groups in total. The lowest BCUT2D eigenvalue weighted by molar-refractivity contribution is 0.136. The van der Waals surface area contributed by atoms with Gasteiger partial charge in [0.1, 0.15) is 0 Å². The van der Waals surface area contributed by atoms with Crippen molar-refractivity contribution in [1.82, 2.24) is 20.4 Å². The van der Waals surface area contributed by atoms with Gasteiger partial charge in [0.05, 0.1) is 6.54 Å². The summed E-state index contributed by atoms with van der Waals surface area (Å²) < 4.78 is 0. The van der Waals surface area contributed by atoms with Gasteiger partial charge in [0.25, 0.3) is 0 Å². The molecular formula is C25H45N5. The summed E-state index contributed by atoms with van der Waals surface area (Å²) in [5, 5.41) is 6.99. The van der Waals surface area contributed by atoms with Crippen LogP contribution < -0.4 is 10.6 Å². The molecule has 1 heterocycles. The number of piperazine rings is 1. The topological polar surface area (TPSA) is 42.9 Å². The molecule has 0 aliphatic carbocycles. The third-order valence-corrected chi connectivity index (χ3v) is 6.73. The number of guanidine groups is 1. The highest BCUT2D eigenvalue weighted by Crippen LogP contribution is 2.31. The van der Waals surface area contributed by atoms with E-state index < -0.39 is 0 Å². The minimum absolute atomic E-state index is 0.115. The number of benzene rings is 1. The third-order valence-electron chi connectivity index (χ3n) is 6.73. The first kappa shape index (κ1) is 24.7. The highest BCUT2D eigenvalue weighted by molar-refractivity contribution is 5.79. The Hall–Kier alpha value is -1.59. The number of hydrogen-bond acceptors (Lipinski definition) is 3. The van der Waals surface area contributed by atoms with Crippen LogP contribution in [0.4, 0.5) is 0 Å². The first-order valence-corrected chi connectivity index (χ1v) is 12.2. The van der Waals surface area contributed by atoms with Crippen molar-refractivity contribution in [2.75, 3.05) is 58.9 Å². The van der Waals surface area contributed by atoms with E-state index in [1.54, 1.807) is 0 Å². The molecule has 0 saturated carbocycles. The maximum absolute atomic E-state index is 4.99. The van der Waals surface area contributed by atoms with E-state index in [0.29, 0.717) is 0 Å². The summed E-state index contributed by atoms with van der Waals surface area (Å²) in [6, 6.07) is 10.9. The van der Waals surface area contributed by atoms with Crippen molar-refractivity contribution in [3.8, 4) is 0 Å². The van der Waals surface area contributed by atoms with Gasteiger partial charge in [0.15, 0.2) is 5.96 Å². The lowest BCUT2D eigenvalue weighted by Gasteiger charge is -2.34. The maximum Gasteiger partial charge on any atom is 0.191 e. The van der Waals surface area contributed by atoms with Crippen LogP contribution in [0.2, 0.25) is 0 Å². The van der Waals surface area contributed by atoms with E-state index in [4.69, 9.17) is 4.99 Å². The van der Waals surface area contributed by atoms with Crippen LogP contribution in [0, 0.1) is 0 Å². The fourth-order valence-corrected chi connectivity index (χ4v) is 4.33. The van der Waals surface area contributed by atoms with Crippen LogP contribution in [0.3, 0.4) is 0 Å². The largest absolute Gasteiger partial charge is 0.357 e. The summed E-state index contributed by atoms with van der Waals surface area (Å²) in [4.78, 5) is 10.1.